The first kappa shape index (κ1) is 19.7. The van der Waals surface area contributed by atoms with Gasteiger partial charge >= 0.3 is 6.03 Å². The largest absolute Gasteiger partial charge is 0.379 e. The first-order chi connectivity index (χ1) is 13.3. The number of nitrogens with one attached hydrogen (secondary N) is 3. The molecule has 0 fully saturated rings. The van der Waals surface area contributed by atoms with Gasteiger partial charge < -0.3 is 20.7 Å². The Morgan fingerprint density at radius 3 is 2.43 bits per heavy atom. The summed E-state index contributed by atoms with van der Waals surface area (Å²) in [6, 6.07) is 4.09. The third-order valence-corrected chi connectivity index (χ3v) is 4.63. The molecule has 28 heavy (non-hydrogen) atoms. The zero-order valence-electron chi connectivity index (χ0n) is 15.1. The van der Waals surface area contributed by atoms with Crippen LogP contribution in [0, 0.1) is 17.5 Å². The van der Waals surface area contributed by atoms with Gasteiger partial charge in [-0.05, 0) is 29.8 Å². The molecule has 1 aliphatic carbocycles. The predicted molar refractivity (Wildman–Crippen MR) is 95.5 cm³/mol. The molecule has 3 rings (SSSR count). The van der Waals surface area contributed by atoms with Crippen molar-refractivity contribution in [2.45, 2.75) is 18.6 Å². The number of amides is 3. The van der Waals surface area contributed by atoms with E-state index in [1.54, 1.807) is 0 Å². The van der Waals surface area contributed by atoms with Crippen LogP contribution in [-0.2, 0) is 11.2 Å². The van der Waals surface area contributed by atoms with Gasteiger partial charge in [-0.3, -0.25) is 4.79 Å². The summed E-state index contributed by atoms with van der Waals surface area (Å²) >= 11 is 0. The highest BCUT2D eigenvalue weighted by molar-refractivity contribution is 6.05. The maximum Gasteiger partial charge on any atom is 0.315 e. The molecule has 3 N–H and O–H groups in total. The number of anilines is 1. The van der Waals surface area contributed by atoms with E-state index in [9.17, 15) is 22.8 Å². The molecule has 0 radical (unpaired) electrons. The van der Waals surface area contributed by atoms with E-state index in [4.69, 9.17) is 4.74 Å². The summed E-state index contributed by atoms with van der Waals surface area (Å²) in [7, 11) is 2.85. The Hall–Kier alpha value is -3.07. The molecule has 2 aromatic rings. The Morgan fingerprint density at radius 2 is 1.79 bits per heavy atom. The molecule has 1 aliphatic rings. The number of urea groups is 1. The molecule has 9 heteroatoms. The fraction of sp³-hybridized carbons (Fsp3) is 0.263. The van der Waals surface area contributed by atoms with Gasteiger partial charge in [0.25, 0.3) is 5.91 Å². The first-order valence-corrected chi connectivity index (χ1v) is 8.44. The third-order valence-electron chi connectivity index (χ3n) is 4.63. The minimum atomic E-state index is -1.10. The molecule has 2 aromatic carbocycles. The van der Waals surface area contributed by atoms with Crippen molar-refractivity contribution in [2.24, 2.45) is 0 Å². The number of fused-ring (bicyclic) bond motifs is 1. The van der Waals surface area contributed by atoms with Crippen molar-refractivity contribution >= 4 is 17.6 Å². The van der Waals surface area contributed by atoms with Crippen LogP contribution in [0.3, 0.4) is 0 Å². The van der Waals surface area contributed by atoms with Crippen molar-refractivity contribution in [3.63, 3.8) is 0 Å². The Bertz CT molecular complexity index is 936. The summed E-state index contributed by atoms with van der Waals surface area (Å²) in [5.41, 5.74) is 0.759. The Labute approximate surface area is 159 Å². The molecule has 0 heterocycles. The van der Waals surface area contributed by atoms with Gasteiger partial charge in [0, 0.05) is 43.5 Å². The highest BCUT2D eigenvalue weighted by Crippen LogP contribution is 2.37. The van der Waals surface area contributed by atoms with Crippen LogP contribution in [0.2, 0.25) is 0 Å². The molecule has 2 atom stereocenters. The average Bonchev–Trinajstić information content (AvgIpc) is 3.03. The predicted octanol–water partition coefficient (Wildman–Crippen LogP) is 2.90. The molecule has 0 aliphatic heterocycles. The number of carbonyl (C=O) groups is 2. The second-order valence-corrected chi connectivity index (χ2v) is 6.25. The molecule has 148 valence electrons. The third kappa shape index (κ3) is 3.65. The van der Waals surface area contributed by atoms with E-state index < -0.39 is 41.5 Å². The molecular weight excluding hydrogens is 375 g/mol. The molecule has 6 nitrogen and oxygen atoms in total. The number of benzene rings is 2. The number of methoxy groups -OCH3 is 1. The van der Waals surface area contributed by atoms with Crippen molar-refractivity contribution in [1.82, 2.24) is 10.6 Å². The fourth-order valence-electron chi connectivity index (χ4n) is 3.28. The minimum absolute atomic E-state index is 0.0586. The SMILES string of the molecule is CNC(=O)NC1c2c(F)ccc(C(=O)Nc3ccc(F)c(F)c3)c2CC1OC. The van der Waals surface area contributed by atoms with E-state index in [1.807, 2.05) is 0 Å². The molecule has 2 unspecified atom stereocenters. The summed E-state index contributed by atoms with van der Waals surface area (Å²) in [5.74, 6) is -3.33. The van der Waals surface area contributed by atoms with Crippen LogP contribution in [0.4, 0.5) is 23.7 Å². The average molecular weight is 393 g/mol. The quantitative estimate of drug-likeness (QED) is 0.747. The monoisotopic (exact) mass is 393 g/mol. The first-order valence-electron chi connectivity index (χ1n) is 8.44. The molecule has 0 saturated heterocycles. The van der Waals surface area contributed by atoms with Crippen LogP contribution < -0.4 is 16.0 Å². The zero-order chi connectivity index (χ0) is 20.4. The number of hydrogen-bond acceptors (Lipinski definition) is 3. The summed E-state index contributed by atoms with van der Waals surface area (Å²) < 4.78 is 46.3. The van der Waals surface area contributed by atoms with Crippen LogP contribution in [-0.4, -0.2) is 32.2 Å². The molecule has 0 bridgehead atoms. The van der Waals surface area contributed by atoms with E-state index in [1.165, 1.54) is 26.3 Å². The Morgan fingerprint density at radius 1 is 1.07 bits per heavy atom. The van der Waals surface area contributed by atoms with Gasteiger partial charge in [0.05, 0.1) is 12.1 Å². The smallest absolute Gasteiger partial charge is 0.315 e. The topological polar surface area (TPSA) is 79.5 Å². The summed E-state index contributed by atoms with van der Waals surface area (Å²) in [6.07, 6.45) is -0.377. The van der Waals surface area contributed by atoms with E-state index in [0.717, 1.165) is 18.2 Å². The van der Waals surface area contributed by atoms with Gasteiger partial charge in [0.2, 0.25) is 0 Å². The minimum Gasteiger partial charge on any atom is -0.379 e. The number of rotatable bonds is 4. The maximum atomic E-state index is 14.5. The highest BCUT2D eigenvalue weighted by atomic mass is 19.2. The van der Waals surface area contributed by atoms with Gasteiger partial charge in [-0.15, -0.1) is 0 Å². The second-order valence-electron chi connectivity index (χ2n) is 6.25. The summed E-state index contributed by atoms with van der Waals surface area (Å²) in [4.78, 5) is 24.4. The van der Waals surface area contributed by atoms with Crippen LogP contribution in [0.25, 0.3) is 0 Å². The van der Waals surface area contributed by atoms with Crippen molar-refractivity contribution in [3.8, 4) is 0 Å². The molecule has 0 aromatic heterocycles. The van der Waals surface area contributed by atoms with Crippen LogP contribution in [0.5, 0.6) is 0 Å². The standard InChI is InChI=1S/C19H18F3N3O3/c1-23-19(27)25-17-15(28-2)8-11-10(4-6-13(21)16(11)17)18(26)24-9-3-5-12(20)14(22)7-9/h3-7,15,17H,8H2,1-2H3,(H,24,26)(H2,23,25,27). The summed E-state index contributed by atoms with van der Waals surface area (Å²) in [5, 5.41) is 7.48. The lowest BCUT2D eigenvalue weighted by atomic mass is 10.0. The lowest BCUT2D eigenvalue weighted by molar-refractivity contribution is 0.0808. The Balaban J connectivity index is 1.95. The van der Waals surface area contributed by atoms with Crippen molar-refractivity contribution < 1.29 is 27.5 Å². The van der Waals surface area contributed by atoms with Crippen LogP contribution in [0.15, 0.2) is 30.3 Å². The van der Waals surface area contributed by atoms with Crippen molar-refractivity contribution in [2.75, 3.05) is 19.5 Å². The molecular formula is C19H18F3N3O3. The van der Waals surface area contributed by atoms with E-state index in [0.29, 0.717) is 5.56 Å². The lowest BCUT2D eigenvalue weighted by Gasteiger charge is -2.20. The molecule has 3 amide bonds. The van der Waals surface area contributed by atoms with E-state index in [2.05, 4.69) is 16.0 Å². The molecule has 0 spiro atoms. The van der Waals surface area contributed by atoms with Gasteiger partial charge in [0.1, 0.15) is 5.82 Å². The number of carbonyl (C=O) groups excluding carboxylic acids is 2. The van der Waals surface area contributed by atoms with Crippen molar-refractivity contribution in [1.29, 1.82) is 0 Å². The van der Waals surface area contributed by atoms with Gasteiger partial charge in [-0.1, -0.05) is 0 Å². The number of halogens is 3. The highest BCUT2D eigenvalue weighted by Gasteiger charge is 2.38. The zero-order valence-corrected chi connectivity index (χ0v) is 15.1. The van der Waals surface area contributed by atoms with E-state index >= 15 is 0 Å². The summed E-state index contributed by atoms with van der Waals surface area (Å²) in [6.45, 7) is 0. The Kier molecular flexibility index (Phi) is 5.55. The van der Waals surface area contributed by atoms with Crippen molar-refractivity contribution in [3.05, 3.63) is 64.5 Å². The molecule has 0 saturated carbocycles. The second kappa shape index (κ2) is 7.89. The lowest BCUT2D eigenvalue weighted by Crippen LogP contribution is -2.40. The maximum absolute atomic E-state index is 14.5. The number of ether oxygens (including phenoxy) is 1. The fourth-order valence-corrected chi connectivity index (χ4v) is 3.28. The van der Waals surface area contributed by atoms with E-state index in [-0.39, 0.29) is 23.2 Å². The van der Waals surface area contributed by atoms with Gasteiger partial charge in [-0.25, -0.2) is 18.0 Å². The van der Waals surface area contributed by atoms with Crippen LogP contribution >= 0.6 is 0 Å². The number of hydrogen-bond donors (Lipinski definition) is 3. The van der Waals surface area contributed by atoms with Gasteiger partial charge in [-0.2, -0.15) is 0 Å². The van der Waals surface area contributed by atoms with Gasteiger partial charge in [0.15, 0.2) is 11.6 Å². The van der Waals surface area contributed by atoms with Crippen LogP contribution in [0.1, 0.15) is 27.5 Å². The normalized spacial score (nSPS) is 17.8.